The summed E-state index contributed by atoms with van der Waals surface area (Å²) in [5, 5.41) is 0. The summed E-state index contributed by atoms with van der Waals surface area (Å²) < 4.78 is 9.59. The monoisotopic (exact) mass is 194 g/mol. The van der Waals surface area contributed by atoms with Crippen molar-refractivity contribution >= 4 is 12.3 Å². The highest BCUT2D eigenvalue weighted by molar-refractivity contribution is 5.93. The second-order valence-electron chi connectivity index (χ2n) is 2.47. The molecule has 0 unspecified atom stereocenters. The Bertz CT molecular complexity index is 333. The SMILES string of the molecule is COc1ccccc1C(=O)OCC=O. The highest BCUT2D eigenvalue weighted by Gasteiger charge is 2.11. The molecule has 0 fully saturated rings. The van der Waals surface area contributed by atoms with E-state index in [9.17, 15) is 9.59 Å². The maximum absolute atomic E-state index is 11.3. The predicted molar refractivity (Wildman–Crippen MR) is 49.3 cm³/mol. The Hall–Kier alpha value is -1.84. The Morgan fingerprint density at radius 1 is 1.43 bits per heavy atom. The minimum Gasteiger partial charge on any atom is -0.496 e. The number of ether oxygens (including phenoxy) is 2. The van der Waals surface area contributed by atoms with E-state index < -0.39 is 5.97 Å². The molecule has 14 heavy (non-hydrogen) atoms. The van der Waals surface area contributed by atoms with Crippen LogP contribution in [0.15, 0.2) is 24.3 Å². The Labute approximate surface area is 81.4 Å². The number of methoxy groups -OCH3 is 1. The number of benzene rings is 1. The van der Waals surface area contributed by atoms with Crippen molar-refractivity contribution in [2.45, 2.75) is 0 Å². The molecule has 0 bridgehead atoms. The maximum atomic E-state index is 11.3. The van der Waals surface area contributed by atoms with Crippen LogP contribution >= 0.6 is 0 Å². The van der Waals surface area contributed by atoms with Gasteiger partial charge in [-0.15, -0.1) is 0 Å². The molecule has 0 saturated heterocycles. The summed E-state index contributed by atoms with van der Waals surface area (Å²) in [4.78, 5) is 21.3. The van der Waals surface area contributed by atoms with E-state index in [-0.39, 0.29) is 6.61 Å². The van der Waals surface area contributed by atoms with Gasteiger partial charge in [0.05, 0.1) is 7.11 Å². The lowest BCUT2D eigenvalue weighted by atomic mass is 10.2. The van der Waals surface area contributed by atoms with Crippen LogP contribution in [0.25, 0.3) is 0 Å². The average molecular weight is 194 g/mol. The fourth-order valence-corrected chi connectivity index (χ4v) is 1.00. The quantitative estimate of drug-likeness (QED) is 0.531. The molecule has 0 aliphatic heterocycles. The van der Waals surface area contributed by atoms with Crippen molar-refractivity contribution in [3.8, 4) is 5.75 Å². The van der Waals surface area contributed by atoms with Gasteiger partial charge in [0.15, 0.2) is 6.29 Å². The summed E-state index contributed by atoms with van der Waals surface area (Å²) in [5.74, 6) is -0.127. The first-order valence-electron chi connectivity index (χ1n) is 4.03. The molecule has 0 saturated carbocycles. The zero-order valence-corrected chi connectivity index (χ0v) is 7.73. The van der Waals surface area contributed by atoms with Crippen molar-refractivity contribution in [2.75, 3.05) is 13.7 Å². The van der Waals surface area contributed by atoms with Crippen LogP contribution in [0.4, 0.5) is 0 Å². The van der Waals surface area contributed by atoms with Gasteiger partial charge in [-0.05, 0) is 12.1 Å². The second kappa shape index (κ2) is 5.01. The van der Waals surface area contributed by atoms with Gasteiger partial charge in [-0.2, -0.15) is 0 Å². The molecule has 0 atom stereocenters. The van der Waals surface area contributed by atoms with E-state index in [4.69, 9.17) is 4.74 Å². The average Bonchev–Trinajstić information content (AvgIpc) is 2.25. The van der Waals surface area contributed by atoms with Gasteiger partial charge in [0, 0.05) is 0 Å². The lowest BCUT2D eigenvalue weighted by Crippen LogP contribution is -2.08. The van der Waals surface area contributed by atoms with E-state index in [0.29, 0.717) is 17.6 Å². The highest BCUT2D eigenvalue weighted by Crippen LogP contribution is 2.17. The van der Waals surface area contributed by atoms with Gasteiger partial charge < -0.3 is 9.47 Å². The number of esters is 1. The van der Waals surface area contributed by atoms with Gasteiger partial charge in [-0.3, -0.25) is 4.79 Å². The molecule has 0 N–H and O–H groups in total. The molecule has 74 valence electrons. The lowest BCUT2D eigenvalue weighted by molar-refractivity contribution is -0.110. The van der Waals surface area contributed by atoms with Crippen molar-refractivity contribution in [1.82, 2.24) is 0 Å². The van der Waals surface area contributed by atoms with Crippen LogP contribution in [-0.2, 0) is 9.53 Å². The van der Waals surface area contributed by atoms with E-state index in [1.807, 2.05) is 0 Å². The summed E-state index contributed by atoms with van der Waals surface area (Å²) in [6.45, 7) is -0.239. The van der Waals surface area contributed by atoms with Crippen molar-refractivity contribution in [2.24, 2.45) is 0 Å². The number of para-hydroxylation sites is 1. The number of hydrogen-bond donors (Lipinski definition) is 0. The van der Waals surface area contributed by atoms with E-state index in [2.05, 4.69) is 4.74 Å². The number of hydrogen-bond acceptors (Lipinski definition) is 4. The molecule has 1 rings (SSSR count). The van der Waals surface area contributed by atoms with Crippen LogP contribution in [0.5, 0.6) is 5.75 Å². The zero-order valence-electron chi connectivity index (χ0n) is 7.73. The molecule has 1 aromatic carbocycles. The maximum Gasteiger partial charge on any atom is 0.342 e. The van der Waals surface area contributed by atoms with Crippen LogP contribution in [0.3, 0.4) is 0 Å². The van der Waals surface area contributed by atoms with Gasteiger partial charge in [0.2, 0.25) is 0 Å². The summed E-state index contributed by atoms with van der Waals surface area (Å²) in [7, 11) is 1.46. The lowest BCUT2D eigenvalue weighted by Gasteiger charge is -2.06. The Balaban J connectivity index is 2.82. The van der Waals surface area contributed by atoms with E-state index in [0.717, 1.165) is 0 Å². The van der Waals surface area contributed by atoms with E-state index in [1.54, 1.807) is 24.3 Å². The van der Waals surface area contributed by atoms with E-state index >= 15 is 0 Å². The third-order valence-corrected chi connectivity index (χ3v) is 1.61. The number of carbonyl (C=O) groups excluding carboxylic acids is 2. The summed E-state index contributed by atoms with van der Waals surface area (Å²) in [6, 6.07) is 6.67. The molecule has 0 spiro atoms. The van der Waals surface area contributed by atoms with Crippen molar-refractivity contribution in [3.63, 3.8) is 0 Å². The second-order valence-corrected chi connectivity index (χ2v) is 2.47. The third kappa shape index (κ3) is 2.32. The van der Waals surface area contributed by atoms with Crippen molar-refractivity contribution in [3.05, 3.63) is 29.8 Å². The third-order valence-electron chi connectivity index (χ3n) is 1.61. The molecule has 0 aromatic heterocycles. The minimum absolute atomic E-state index is 0.239. The summed E-state index contributed by atoms with van der Waals surface area (Å²) in [6.07, 6.45) is 0.521. The molecule has 0 amide bonds. The molecule has 1 aromatic rings. The van der Waals surface area contributed by atoms with Gasteiger partial charge in [-0.25, -0.2) is 4.79 Å². The Morgan fingerprint density at radius 3 is 2.79 bits per heavy atom. The first-order chi connectivity index (χ1) is 6.79. The number of carbonyl (C=O) groups is 2. The number of aldehydes is 1. The number of rotatable bonds is 4. The smallest absolute Gasteiger partial charge is 0.342 e. The van der Waals surface area contributed by atoms with Gasteiger partial charge in [-0.1, -0.05) is 12.1 Å². The molecule has 0 aliphatic rings. The fraction of sp³-hybridized carbons (Fsp3) is 0.200. The van der Waals surface area contributed by atoms with Crippen molar-refractivity contribution < 1.29 is 19.1 Å². The minimum atomic E-state index is -0.561. The highest BCUT2D eigenvalue weighted by atomic mass is 16.5. The summed E-state index contributed by atoms with van der Waals surface area (Å²) >= 11 is 0. The van der Waals surface area contributed by atoms with Gasteiger partial charge in [0.25, 0.3) is 0 Å². The van der Waals surface area contributed by atoms with Gasteiger partial charge >= 0.3 is 5.97 Å². The molecule has 0 aliphatic carbocycles. The van der Waals surface area contributed by atoms with Gasteiger partial charge in [0.1, 0.15) is 17.9 Å². The van der Waals surface area contributed by atoms with Crippen LogP contribution in [0, 0.1) is 0 Å². The Morgan fingerprint density at radius 2 is 2.14 bits per heavy atom. The largest absolute Gasteiger partial charge is 0.496 e. The molecule has 4 nitrogen and oxygen atoms in total. The molecular weight excluding hydrogens is 184 g/mol. The van der Waals surface area contributed by atoms with E-state index in [1.165, 1.54) is 7.11 Å². The molecule has 0 radical (unpaired) electrons. The van der Waals surface area contributed by atoms with Crippen LogP contribution in [-0.4, -0.2) is 26.0 Å². The predicted octanol–water partition coefficient (Wildman–Crippen LogP) is 1.05. The summed E-state index contributed by atoms with van der Waals surface area (Å²) in [5.41, 5.74) is 0.317. The van der Waals surface area contributed by atoms with Crippen LogP contribution < -0.4 is 4.74 Å². The first kappa shape index (κ1) is 10.2. The van der Waals surface area contributed by atoms with Crippen LogP contribution in [0.2, 0.25) is 0 Å². The standard InChI is InChI=1S/C10H10O4/c1-13-9-5-3-2-4-8(9)10(12)14-7-6-11/h2-6H,7H2,1H3. The molecule has 0 heterocycles. The Kier molecular flexibility index (Phi) is 3.67. The zero-order chi connectivity index (χ0) is 10.4. The fourth-order valence-electron chi connectivity index (χ4n) is 1.00. The normalized spacial score (nSPS) is 9.21. The van der Waals surface area contributed by atoms with Crippen LogP contribution in [0.1, 0.15) is 10.4 Å². The molecular formula is C10H10O4. The topological polar surface area (TPSA) is 52.6 Å². The molecule has 4 heteroatoms. The first-order valence-corrected chi connectivity index (χ1v) is 4.03. The van der Waals surface area contributed by atoms with Crippen molar-refractivity contribution in [1.29, 1.82) is 0 Å².